The SMILES string of the molecule is CC(C)C1=CC2C=CC1C2.CC(C)C1CC2C=CC1C2. The molecule has 0 aromatic carbocycles. The number of hydrogen-bond donors (Lipinski definition) is 0. The lowest BCUT2D eigenvalue weighted by Gasteiger charge is -2.21. The van der Waals surface area contributed by atoms with Gasteiger partial charge in [-0.2, -0.15) is 0 Å². The molecule has 0 N–H and O–H groups in total. The summed E-state index contributed by atoms with van der Waals surface area (Å²) in [5.74, 6) is 6.18. The molecule has 0 heteroatoms. The molecule has 0 aliphatic heterocycles. The quantitative estimate of drug-likeness (QED) is 0.570. The maximum Gasteiger partial charge on any atom is -0.00117 e. The topological polar surface area (TPSA) is 0 Å². The van der Waals surface area contributed by atoms with E-state index in [0.29, 0.717) is 0 Å². The van der Waals surface area contributed by atoms with Crippen LogP contribution in [0.1, 0.15) is 47.0 Å². The van der Waals surface area contributed by atoms with Crippen LogP contribution in [-0.2, 0) is 0 Å². The molecule has 4 bridgehead atoms. The first-order valence-corrected chi connectivity index (χ1v) is 8.62. The molecule has 0 nitrogen and oxygen atoms in total. The largest absolute Gasteiger partial charge is 0.0851 e. The second kappa shape index (κ2) is 5.54. The van der Waals surface area contributed by atoms with Crippen molar-refractivity contribution in [1.82, 2.24) is 0 Å². The van der Waals surface area contributed by atoms with Gasteiger partial charge in [-0.3, -0.25) is 0 Å². The van der Waals surface area contributed by atoms with Gasteiger partial charge >= 0.3 is 0 Å². The monoisotopic (exact) mass is 270 g/mol. The van der Waals surface area contributed by atoms with Gasteiger partial charge in [-0.15, -0.1) is 0 Å². The minimum atomic E-state index is 0.764. The average molecular weight is 270 g/mol. The van der Waals surface area contributed by atoms with Crippen LogP contribution in [-0.4, -0.2) is 0 Å². The third kappa shape index (κ3) is 2.67. The highest BCUT2D eigenvalue weighted by Gasteiger charge is 2.36. The fourth-order valence-corrected chi connectivity index (χ4v) is 4.68. The number of allylic oxidation sites excluding steroid dienone is 6. The summed E-state index contributed by atoms with van der Waals surface area (Å²) in [6.07, 6.45) is 16.3. The molecule has 1 fully saturated rings. The van der Waals surface area contributed by atoms with Gasteiger partial charge in [0.2, 0.25) is 0 Å². The Labute approximate surface area is 125 Å². The van der Waals surface area contributed by atoms with E-state index in [1.807, 2.05) is 0 Å². The summed E-state index contributed by atoms with van der Waals surface area (Å²) in [6, 6.07) is 0. The highest BCUT2D eigenvalue weighted by Crippen LogP contribution is 2.46. The maximum atomic E-state index is 2.45. The minimum Gasteiger partial charge on any atom is -0.0851 e. The zero-order valence-electron chi connectivity index (χ0n) is 13.5. The van der Waals surface area contributed by atoms with E-state index in [0.717, 1.165) is 41.4 Å². The van der Waals surface area contributed by atoms with E-state index < -0.39 is 0 Å². The van der Waals surface area contributed by atoms with Crippen molar-refractivity contribution in [1.29, 1.82) is 0 Å². The summed E-state index contributed by atoms with van der Waals surface area (Å²) in [5, 5.41) is 0. The van der Waals surface area contributed by atoms with Crippen LogP contribution in [0.3, 0.4) is 0 Å². The molecule has 0 spiro atoms. The van der Waals surface area contributed by atoms with Crippen LogP contribution in [0, 0.1) is 41.4 Å². The van der Waals surface area contributed by atoms with Gasteiger partial charge in [-0.1, -0.05) is 63.6 Å². The van der Waals surface area contributed by atoms with Gasteiger partial charge < -0.3 is 0 Å². The van der Waals surface area contributed by atoms with Crippen molar-refractivity contribution in [2.75, 3.05) is 0 Å². The van der Waals surface area contributed by atoms with Gasteiger partial charge in [0.1, 0.15) is 0 Å². The first kappa shape index (κ1) is 14.2. The minimum absolute atomic E-state index is 0.764. The molecule has 0 saturated heterocycles. The molecular weight excluding hydrogens is 240 g/mol. The van der Waals surface area contributed by atoms with Gasteiger partial charge in [-0.25, -0.2) is 0 Å². The summed E-state index contributed by atoms with van der Waals surface area (Å²) in [6.45, 7) is 9.30. The highest BCUT2D eigenvalue weighted by atomic mass is 14.4. The number of hydrogen-bond acceptors (Lipinski definition) is 0. The van der Waals surface area contributed by atoms with E-state index in [4.69, 9.17) is 0 Å². The van der Waals surface area contributed by atoms with Crippen molar-refractivity contribution in [2.24, 2.45) is 41.4 Å². The lowest BCUT2D eigenvalue weighted by Crippen LogP contribution is -2.13. The fourth-order valence-electron chi connectivity index (χ4n) is 4.68. The molecule has 0 aromatic heterocycles. The smallest absolute Gasteiger partial charge is 0.00117 e. The molecule has 0 amide bonds. The van der Waals surface area contributed by atoms with Crippen molar-refractivity contribution in [2.45, 2.75) is 47.0 Å². The molecule has 0 aromatic rings. The Hall–Kier alpha value is -0.780. The predicted octanol–water partition coefficient (Wildman–Crippen LogP) is 5.63. The average Bonchev–Trinajstić information content (AvgIpc) is 3.18. The molecule has 1 saturated carbocycles. The van der Waals surface area contributed by atoms with Gasteiger partial charge in [0.15, 0.2) is 0 Å². The third-order valence-electron chi connectivity index (χ3n) is 5.80. The summed E-state index contributed by atoms with van der Waals surface area (Å²) in [5.41, 5.74) is 1.67. The van der Waals surface area contributed by atoms with Crippen molar-refractivity contribution < 1.29 is 0 Å². The second-order valence-electron chi connectivity index (χ2n) is 7.90. The molecular formula is C20H30. The van der Waals surface area contributed by atoms with Gasteiger partial charge in [0, 0.05) is 0 Å². The van der Waals surface area contributed by atoms with Crippen molar-refractivity contribution in [3.8, 4) is 0 Å². The maximum absolute atomic E-state index is 2.45. The second-order valence-corrected chi connectivity index (χ2v) is 7.90. The zero-order valence-corrected chi connectivity index (χ0v) is 13.5. The predicted molar refractivity (Wildman–Crippen MR) is 87.3 cm³/mol. The molecule has 20 heavy (non-hydrogen) atoms. The Kier molecular flexibility index (Phi) is 3.93. The molecule has 4 aliphatic rings. The molecule has 4 aliphatic carbocycles. The number of fused-ring (bicyclic) bond motifs is 4. The summed E-state index contributed by atoms with van der Waals surface area (Å²) < 4.78 is 0. The van der Waals surface area contributed by atoms with E-state index in [-0.39, 0.29) is 0 Å². The standard InChI is InChI=1S/C10H16.C10H14/c2*1-7(2)10-6-8-3-4-9(10)5-8/h3-4,7-10H,5-6H2,1-2H3;3-4,6-9H,5H2,1-2H3. The highest BCUT2D eigenvalue weighted by molar-refractivity contribution is 5.30. The molecule has 5 atom stereocenters. The van der Waals surface area contributed by atoms with Crippen LogP contribution in [0.2, 0.25) is 0 Å². The van der Waals surface area contributed by atoms with E-state index in [1.54, 1.807) is 5.57 Å². The van der Waals surface area contributed by atoms with Crippen LogP contribution >= 0.6 is 0 Å². The van der Waals surface area contributed by atoms with E-state index >= 15 is 0 Å². The Morgan fingerprint density at radius 2 is 1.70 bits per heavy atom. The van der Waals surface area contributed by atoms with Gasteiger partial charge in [0.05, 0.1) is 0 Å². The van der Waals surface area contributed by atoms with Crippen LogP contribution in [0.15, 0.2) is 36.0 Å². The lowest BCUT2D eigenvalue weighted by atomic mass is 9.84. The van der Waals surface area contributed by atoms with E-state index in [9.17, 15) is 0 Å². The summed E-state index contributed by atoms with van der Waals surface area (Å²) in [4.78, 5) is 0. The first-order chi connectivity index (χ1) is 9.54. The van der Waals surface area contributed by atoms with E-state index in [1.165, 1.54) is 19.3 Å². The normalized spacial score (nSPS) is 39.7. The molecule has 5 unspecified atom stereocenters. The summed E-state index contributed by atoms with van der Waals surface area (Å²) in [7, 11) is 0. The van der Waals surface area contributed by atoms with Crippen molar-refractivity contribution >= 4 is 0 Å². The van der Waals surface area contributed by atoms with Crippen molar-refractivity contribution in [3.05, 3.63) is 36.0 Å². The van der Waals surface area contributed by atoms with Crippen LogP contribution in [0.4, 0.5) is 0 Å². The van der Waals surface area contributed by atoms with Gasteiger partial charge in [0.25, 0.3) is 0 Å². The third-order valence-corrected chi connectivity index (χ3v) is 5.80. The zero-order chi connectivity index (χ0) is 14.3. The Bertz CT molecular complexity index is 433. The van der Waals surface area contributed by atoms with E-state index in [2.05, 4.69) is 58.1 Å². The van der Waals surface area contributed by atoms with Crippen LogP contribution in [0.5, 0.6) is 0 Å². The van der Waals surface area contributed by atoms with Crippen molar-refractivity contribution in [3.63, 3.8) is 0 Å². The Morgan fingerprint density at radius 3 is 2.00 bits per heavy atom. The fraction of sp³-hybridized carbons (Fsp3) is 0.700. The number of rotatable bonds is 2. The molecule has 0 radical (unpaired) electrons. The van der Waals surface area contributed by atoms with Crippen LogP contribution in [0.25, 0.3) is 0 Å². The molecule has 4 rings (SSSR count). The summed E-state index contributed by atoms with van der Waals surface area (Å²) >= 11 is 0. The molecule has 0 heterocycles. The Morgan fingerprint density at radius 1 is 0.900 bits per heavy atom. The Balaban J connectivity index is 0.000000121. The lowest BCUT2D eigenvalue weighted by molar-refractivity contribution is 0.331. The van der Waals surface area contributed by atoms with Crippen LogP contribution < -0.4 is 0 Å². The van der Waals surface area contributed by atoms with Gasteiger partial charge in [-0.05, 0) is 60.7 Å². The molecule has 110 valence electrons. The first-order valence-electron chi connectivity index (χ1n) is 8.62.